The van der Waals surface area contributed by atoms with E-state index in [2.05, 4.69) is 208 Å². The molecule has 4 heteroatoms. The van der Waals surface area contributed by atoms with E-state index >= 15 is 0 Å². The molecule has 0 unspecified atom stereocenters. The van der Waals surface area contributed by atoms with E-state index in [1.54, 1.807) is 0 Å². The molecule has 4 nitrogen and oxygen atoms in total. The lowest BCUT2D eigenvalue weighted by Gasteiger charge is -2.33. The Hall–Kier alpha value is -7.40. The second-order valence-corrected chi connectivity index (χ2v) is 19.1. The Morgan fingerprint density at radius 1 is 0.478 bits per heavy atom. The monoisotopic (exact) mass is 903 g/mol. The number of allylic oxidation sites excluding steroid dienone is 2. The van der Waals surface area contributed by atoms with Crippen molar-refractivity contribution >= 4 is 51.8 Å². The minimum Gasteiger partial charge on any atom is -0.310 e. The number of fused-ring (bicyclic) bond motifs is 3. The average molecular weight is 903 g/mol. The Balaban J connectivity index is 1.39. The van der Waals surface area contributed by atoms with Crippen molar-refractivity contribution in [1.29, 1.82) is 10.5 Å². The van der Waals surface area contributed by atoms with Gasteiger partial charge in [0, 0.05) is 44.9 Å². The first-order valence-electron chi connectivity index (χ1n) is 25.2. The number of benzene rings is 7. The number of nitriles is 2. The number of unbranched alkanes of at least 4 members (excludes halogenated alkanes) is 6. The first-order chi connectivity index (χ1) is 33.7. The summed E-state index contributed by atoms with van der Waals surface area (Å²) in [6.45, 7) is 12.9. The van der Waals surface area contributed by atoms with Crippen LogP contribution in [0.3, 0.4) is 0 Å². The molecule has 7 aromatic carbocycles. The highest BCUT2D eigenvalue weighted by Gasteiger charge is 2.42. The molecule has 0 heterocycles. The Morgan fingerprint density at radius 2 is 0.971 bits per heavy atom. The normalized spacial score (nSPS) is 12.8. The van der Waals surface area contributed by atoms with Crippen LogP contribution in [0.15, 0.2) is 163 Å². The molecule has 0 aromatic heterocycles. The van der Waals surface area contributed by atoms with Crippen molar-refractivity contribution in [2.24, 2.45) is 0 Å². The second kappa shape index (κ2) is 22.1. The lowest BCUT2D eigenvalue weighted by Crippen LogP contribution is -2.25. The van der Waals surface area contributed by atoms with E-state index in [-0.39, 0.29) is 5.41 Å². The minimum atomic E-state index is -0.0543. The van der Waals surface area contributed by atoms with Crippen LogP contribution >= 0.6 is 0 Å². The van der Waals surface area contributed by atoms with Crippen LogP contribution in [0, 0.1) is 43.4 Å². The van der Waals surface area contributed by atoms with Gasteiger partial charge in [-0.15, -0.1) is 0 Å². The molecule has 346 valence electrons. The van der Waals surface area contributed by atoms with Gasteiger partial charge in [-0.3, -0.25) is 0 Å². The molecule has 0 saturated heterocycles. The van der Waals surface area contributed by atoms with Gasteiger partial charge < -0.3 is 9.80 Å². The smallest absolute Gasteiger partial charge is 0.0998 e. The Labute approximate surface area is 412 Å². The lowest BCUT2D eigenvalue weighted by molar-refractivity contribution is 0.401. The molecular formula is C65H66N4. The molecule has 7 aromatic rings. The van der Waals surface area contributed by atoms with Crippen molar-refractivity contribution in [3.63, 3.8) is 0 Å². The van der Waals surface area contributed by atoms with E-state index in [1.165, 1.54) is 84.7 Å². The third-order valence-electron chi connectivity index (χ3n) is 14.0. The largest absolute Gasteiger partial charge is 0.310 e. The molecule has 1 aliphatic rings. The standard InChI is InChI=1S/C65H66N4/c1-7-9-11-19-37-65(38-20-12-10-8-2)61-36-30-51(42-60(61)59-35-29-49(5)40-62(59)65)54(46-67)41-53-44-63(68(55-21-15-13-16-22-55)57-31-25-47(3)26-32-57)52(39-50(6)45-66)43-64(53)69(56-23-17-14-18-24-56)58-33-27-48(4)28-34-58/h13-18,21-36,39-44H,7-12,19-20,37-38H2,1-6H3/b50-39-,54-41+. The lowest BCUT2D eigenvalue weighted by atomic mass is 9.70. The van der Waals surface area contributed by atoms with Crippen molar-refractivity contribution in [3.8, 4) is 23.3 Å². The number of nitrogens with zero attached hydrogens (tertiary/aromatic N) is 4. The average Bonchev–Trinajstić information content (AvgIpc) is 3.63. The third kappa shape index (κ3) is 10.5. The maximum atomic E-state index is 11.4. The number of aryl methyl sites for hydroxylation is 3. The summed E-state index contributed by atoms with van der Waals surface area (Å²) in [5, 5.41) is 21.7. The van der Waals surface area contributed by atoms with Gasteiger partial charge in [0.15, 0.2) is 0 Å². The van der Waals surface area contributed by atoms with Gasteiger partial charge in [0.2, 0.25) is 0 Å². The molecule has 0 aliphatic heterocycles. The summed E-state index contributed by atoms with van der Waals surface area (Å²) >= 11 is 0. The summed E-state index contributed by atoms with van der Waals surface area (Å²) in [5.41, 5.74) is 18.5. The van der Waals surface area contributed by atoms with Crippen LogP contribution in [-0.4, -0.2) is 0 Å². The van der Waals surface area contributed by atoms with Gasteiger partial charge in [-0.2, -0.15) is 10.5 Å². The van der Waals surface area contributed by atoms with Crippen molar-refractivity contribution in [2.75, 3.05) is 9.80 Å². The molecule has 0 bridgehead atoms. The van der Waals surface area contributed by atoms with Crippen LogP contribution in [0.25, 0.3) is 28.9 Å². The third-order valence-corrected chi connectivity index (χ3v) is 14.0. The van der Waals surface area contributed by atoms with Gasteiger partial charge in [0.05, 0.1) is 29.1 Å². The first kappa shape index (κ1) is 48.1. The number of para-hydroxylation sites is 2. The van der Waals surface area contributed by atoms with E-state index < -0.39 is 0 Å². The molecule has 8 rings (SSSR count). The molecule has 0 N–H and O–H groups in total. The summed E-state index contributed by atoms with van der Waals surface area (Å²) in [5.74, 6) is 0. The maximum absolute atomic E-state index is 11.4. The maximum Gasteiger partial charge on any atom is 0.0998 e. The van der Waals surface area contributed by atoms with Gasteiger partial charge in [0.1, 0.15) is 0 Å². The number of hydrogen-bond acceptors (Lipinski definition) is 4. The van der Waals surface area contributed by atoms with E-state index in [0.717, 1.165) is 69.2 Å². The van der Waals surface area contributed by atoms with Gasteiger partial charge in [0.25, 0.3) is 0 Å². The SMILES string of the molecule is CCCCCCC1(CCCCCC)c2ccc(/C(C#N)=C/c3cc(N(c4ccccc4)c4ccc(C)cc4)c(/C=C(/C)C#N)cc3N(c3ccccc3)c3ccc(C)cc3)cc2-c2ccc(C)cc21. The topological polar surface area (TPSA) is 54.1 Å². The predicted molar refractivity (Wildman–Crippen MR) is 293 cm³/mol. The fraction of sp³-hybridized carbons (Fsp3) is 0.262. The highest BCUT2D eigenvalue weighted by atomic mass is 15.2. The minimum absolute atomic E-state index is 0.0543. The van der Waals surface area contributed by atoms with E-state index in [1.807, 2.05) is 25.1 Å². The molecule has 0 radical (unpaired) electrons. The summed E-state index contributed by atoms with van der Waals surface area (Å²) < 4.78 is 0. The molecular weight excluding hydrogens is 837 g/mol. The molecule has 69 heavy (non-hydrogen) atoms. The quantitative estimate of drug-likeness (QED) is 0.0461. The fourth-order valence-electron chi connectivity index (χ4n) is 10.4. The number of rotatable bonds is 19. The van der Waals surface area contributed by atoms with Crippen LogP contribution in [0.5, 0.6) is 0 Å². The molecule has 1 aliphatic carbocycles. The van der Waals surface area contributed by atoms with Gasteiger partial charge in [-0.1, -0.05) is 173 Å². The van der Waals surface area contributed by atoms with Crippen molar-refractivity contribution in [3.05, 3.63) is 208 Å². The number of hydrogen-bond donors (Lipinski definition) is 0. The molecule has 0 atom stereocenters. The highest BCUT2D eigenvalue weighted by Crippen LogP contribution is 2.55. The summed E-state index contributed by atoms with van der Waals surface area (Å²) in [4.78, 5) is 4.53. The second-order valence-electron chi connectivity index (χ2n) is 19.1. The zero-order valence-corrected chi connectivity index (χ0v) is 41.5. The molecule has 0 amide bonds. The molecule has 0 saturated carbocycles. The van der Waals surface area contributed by atoms with Gasteiger partial charge in [-0.25, -0.2) is 0 Å². The Morgan fingerprint density at radius 3 is 1.46 bits per heavy atom. The van der Waals surface area contributed by atoms with Crippen LogP contribution in [-0.2, 0) is 5.41 Å². The van der Waals surface area contributed by atoms with Crippen LogP contribution in [0.2, 0.25) is 0 Å². The Kier molecular flexibility index (Phi) is 15.4. The van der Waals surface area contributed by atoms with Crippen LogP contribution in [0.1, 0.15) is 129 Å². The van der Waals surface area contributed by atoms with Crippen molar-refractivity contribution in [1.82, 2.24) is 0 Å². The van der Waals surface area contributed by atoms with Gasteiger partial charge in [-0.05, 0) is 147 Å². The molecule has 0 spiro atoms. The summed E-state index contributed by atoms with van der Waals surface area (Å²) in [7, 11) is 0. The van der Waals surface area contributed by atoms with Crippen LogP contribution < -0.4 is 9.80 Å². The Bertz CT molecular complexity index is 3010. The zero-order valence-electron chi connectivity index (χ0n) is 41.5. The number of anilines is 6. The summed E-state index contributed by atoms with van der Waals surface area (Å²) in [6, 6.07) is 61.4. The first-order valence-corrected chi connectivity index (χ1v) is 25.2. The molecule has 0 fully saturated rings. The van der Waals surface area contributed by atoms with Crippen LogP contribution in [0.4, 0.5) is 34.1 Å². The fourth-order valence-corrected chi connectivity index (χ4v) is 10.4. The zero-order chi connectivity index (χ0) is 48.3. The van der Waals surface area contributed by atoms with E-state index in [0.29, 0.717) is 11.1 Å². The van der Waals surface area contributed by atoms with Crippen molar-refractivity contribution < 1.29 is 0 Å². The van der Waals surface area contributed by atoms with Gasteiger partial charge >= 0.3 is 0 Å². The predicted octanol–water partition coefficient (Wildman–Crippen LogP) is 18.7. The van der Waals surface area contributed by atoms with E-state index in [9.17, 15) is 10.5 Å². The van der Waals surface area contributed by atoms with E-state index in [4.69, 9.17) is 0 Å². The summed E-state index contributed by atoms with van der Waals surface area (Å²) in [6.07, 6.45) is 16.2. The highest BCUT2D eigenvalue weighted by molar-refractivity contribution is 5.99. The van der Waals surface area contributed by atoms with Crippen molar-refractivity contribution in [2.45, 2.75) is 111 Å².